The second-order valence-electron chi connectivity index (χ2n) is 4.85. The van der Waals surface area contributed by atoms with Crippen LogP contribution in [0.2, 0.25) is 0 Å². The molecule has 1 heterocycles. The first-order chi connectivity index (χ1) is 6.48. The summed E-state index contributed by atoms with van der Waals surface area (Å²) in [6.45, 7) is 8.99. The van der Waals surface area contributed by atoms with Crippen LogP contribution in [-0.4, -0.2) is 0 Å². The van der Waals surface area contributed by atoms with E-state index in [4.69, 9.17) is 0 Å². The molecule has 74 valence electrons. The van der Waals surface area contributed by atoms with Crippen LogP contribution < -0.4 is 0 Å². The second kappa shape index (κ2) is 3.09. The first-order valence-corrected chi connectivity index (χ1v) is 5.80. The van der Waals surface area contributed by atoms with Gasteiger partial charge in [0.15, 0.2) is 0 Å². The van der Waals surface area contributed by atoms with E-state index in [1.54, 1.807) is 0 Å². The number of fused-ring (bicyclic) bond motifs is 1. The molecule has 0 N–H and O–H groups in total. The Balaban J connectivity index is 2.69. The van der Waals surface area contributed by atoms with E-state index >= 15 is 0 Å². The maximum Gasteiger partial charge on any atom is 0.0348 e. The van der Waals surface area contributed by atoms with Crippen LogP contribution in [-0.2, 0) is 5.41 Å². The predicted molar refractivity (Wildman–Crippen MR) is 65.3 cm³/mol. The largest absolute Gasteiger partial charge is 0.140 e. The summed E-state index contributed by atoms with van der Waals surface area (Å²) in [5, 5.41) is 1.42. The Morgan fingerprint density at radius 1 is 1.14 bits per heavy atom. The molecule has 2 aromatic rings. The third-order valence-electron chi connectivity index (χ3n) is 2.52. The van der Waals surface area contributed by atoms with Gasteiger partial charge in [0.25, 0.3) is 0 Å². The number of rotatable bonds is 0. The van der Waals surface area contributed by atoms with Crippen LogP contribution in [0.3, 0.4) is 0 Å². The molecule has 1 heteroatoms. The smallest absolute Gasteiger partial charge is 0.0348 e. The van der Waals surface area contributed by atoms with Crippen LogP contribution in [0, 0.1) is 6.92 Å². The molecule has 0 aliphatic carbocycles. The average Bonchev–Trinajstić information content (AvgIpc) is 2.48. The van der Waals surface area contributed by atoms with E-state index in [2.05, 4.69) is 52.0 Å². The summed E-state index contributed by atoms with van der Waals surface area (Å²) in [6, 6.07) is 8.87. The number of thiophene rings is 1. The molecule has 0 radical (unpaired) electrons. The zero-order valence-electron chi connectivity index (χ0n) is 9.22. The normalized spacial score (nSPS) is 12.3. The summed E-state index contributed by atoms with van der Waals surface area (Å²) in [5.74, 6) is 0. The molecule has 0 nitrogen and oxygen atoms in total. The Bertz CT molecular complexity index is 458. The zero-order valence-corrected chi connectivity index (χ0v) is 10.0. The molecular weight excluding hydrogens is 188 g/mol. The molecule has 0 amide bonds. The lowest BCUT2D eigenvalue weighted by atomic mass is 9.94. The molecule has 1 aromatic carbocycles. The molecule has 0 aliphatic heterocycles. The Labute approximate surface area is 89.6 Å². The van der Waals surface area contributed by atoms with E-state index < -0.39 is 0 Å². The third-order valence-corrected chi connectivity index (χ3v) is 4.04. The summed E-state index contributed by atoms with van der Waals surface area (Å²) in [7, 11) is 0. The van der Waals surface area contributed by atoms with Crippen molar-refractivity contribution in [2.24, 2.45) is 0 Å². The summed E-state index contributed by atoms with van der Waals surface area (Å²) >= 11 is 1.92. The van der Waals surface area contributed by atoms with Crippen molar-refractivity contribution < 1.29 is 0 Å². The van der Waals surface area contributed by atoms with Crippen molar-refractivity contribution >= 4 is 21.4 Å². The Hall–Kier alpha value is -0.820. The number of hydrogen-bond acceptors (Lipinski definition) is 1. The Morgan fingerprint density at radius 3 is 2.43 bits per heavy atom. The van der Waals surface area contributed by atoms with Crippen molar-refractivity contribution in [3.63, 3.8) is 0 Å². The first-order valence-electron chi connectivity index (χ1n) is 4.98. The van der Waals surface area contributed by atoms with Gasteiger partial charge in [0.1, 0.15) is 0 Å². The SMILES string of the molecule is Cc1cccc2sc(C(C)(C)C)cc12. The molecule has 0 atom stereocenters. The maximum absolute atomic E-state index is 2.34. The molecule has 1 aromatic heterocycles. The predicted octanol–water partition coefficient (Wildman–Crippen LogP) is 4.51. The lowest BCUT2D eigenvalue weighted by Gasteiger charge is -2.14. The molecule has 2 rings (SSSR count). The van der Waals surface area contributed by atoms with E-state index in [9.17, 15) is 0 Å². The van der Waals surface area contributed by atoms with E-state index in [0.717, 1.165) is 0 Å². The van der Waals surface area contributed by atoms with Gasteiger partial charge in [0.05, 0.1) is 0 Å². The third kappa shape index (κ3) is 1.57. The Morgan fingerprint density at radius 2 is 1.86 bits per heavy atom. The fourth-order valence-corrected chi connectivity index (χ4v) is 2.77. The van der Waals surface area contributed by atoms with Gasteiger partial charge in [-0.1, -0.05) is 32.9 Å². The van der Waals surface area contributed by atoms with Crippen molar-refractivity contribution in [1.29, 1.82) is 0 Å². The lowest BCUT2D eigenvalue weighted by molar-refractivity contribution is 0.604. The topological polar surface area (TPSA) is 0 Å². The van der Waals surface area contributed by atoms with E-state index in [0.29, 0.717) is 0 Å². The van der Waals surface area contributed by atoms with Gasteiger partial charge in [0.2, 0.25) is 0 Å². The lowest BCUT2D eigenvalue weighted by Crippen LogP contribution is -2.07. The number of benzene rings is 1. The molecule has 0 fully saturated rings. The minimum atomic E-state index is 0.274. The van der Waals surface area contributed by atoms with Gasteiger partial charge < -0.3 is 0 Å². The van der Waals surface area contributed by atoms with Gasteiger partial charge >= 0.3 is 0 Å². The molecule has 0 bridgehead atoms. The van der Waals surface area contributed by atoms with Crippen molar-refractivity contribution in [3.05, 3.63) is 34.7 Å². The number of hydrogen-bond donors (Lipinski definition) is 0. The van der Waals surface area contributed by atoms with Crippen molar-refractivity contribution in [3.8, 4) is 0 Å². The van der Waals surface area contributed by atoms with Gasteiger partial charge in [-0.3, -0.25) is 0 Å². The second-order valence-corrected chi connectivity index (χ2v) is 5.93. The molecule has 14 heavy (non-hydrogen) atoms. The molecular formula is C13H16S. The van der Waals surface area contributed by atoms with Crippen LogP contribution in [0.5, 0.6) is 0 Å². The van der Waals surface area contributed by atoms with E-state index in [-0.39, 0.29) is 5.41 Å². The van der Waals surface area contributed by atoms with Crippen LogP contribution in [0.1, 0.15) is 31.2 Å². The van der Waals surface area contributed by atoms with Crippen LogP contribution in [0.4, 0.5) is 0 Å². The van der Waals surface area contributed by atoms with Gasteiger partial charge in [-0.2, -0.15) is 0 Å². The van der Waals surface area contributed by atoms with E-state index in [1.165, 1.54) is 20.5 Å². The molecule has 0 aliphatic rings. The van der Waals surface area contributed by atoms with Gasteiger partial charge in [-0.15, -0.1) is 11.3 Å². The van der Waals surface area contributed by atoms with Gasteiger partial charge in [-0.25, -0.2) is 0 Å². The summed E-state index contributed by atoms with van der Waals surface area (Å²) in [5.41, 5.74) is 1.66. The van der Waals surface area contributed by atoms with Crippen molar-refractivity contribution in [2.45, 2.75) is 33.1 Å². The fourth-order valence-electron chi connectivity index (χ4n) is 1.58. The number of aryl methyl sites for hydroxylation is 1. The first kappa shape index (κ1) is 9.72. The molecule has 0 saturated heterocycles. The quantitative estimate of drug-likeness (QED) is 0.592. The van der Waals surface area contributed by atoms with Crippen molar-refractivity contribution in [1.82, 2.24) is 0 Å². The standard InChI is InChI=1S/C13H16S/c1-9-6-5-7-11-10(9)8-12(14-11)13(2,3)4/h5-8H,1-4H3. The average molecular weight is 204 g/mol. The van der Waals surface area contributed by atoms with Crippen LogP contribution >= 0.6 is 11.3 Å². The molecule has 0 spiro atoms. The monoisotopic (exact) mass is 204 g/mol. The summed E-state index contributed by atoms with van der Waals surface area (Å²) in [6.07, 6.45) is 0. The van der Waals surface area contributed by atoms with Crippen molar-refractivity contribution in [2.75, 3.05) is 0 Å². The maximum atomic E-state index is 2.34. The van der Waals surface area contributed by atoms with Crippen LogP contribution in [0.25, 0.3) is 10.1 Å². The van der Waals surface area contributed by atoms with E-state index in [1.807, 2.05) is 11.3 Å². The van der Waals surface area contributed by atoms with Gasteiger partial charge in [-0.05, 0) is 35.4 Å². The fraction of sp³-hybridized carbons (Fsp3) is 0.385. The van der Waals surface area contributed by atoms with Crippen LogP contribution in [0.15, 0.2) is 24.3 Å². The Kier molecular flexibility index (Phi) is 2.15. The molecule has 0 unspecified atom stereocenters. The minimum Gasteiger partial charge on any atom is -0.140 e. The van der Waals surface area contributed by atoms with Gasteiger partial charge in [0, 0.05) is 9.58 Å². The highest BCUT2D eigenvalue weighted by molar-refractivity contribution is 7.19. The summed E-state index contributed by atoms with van der Waals surface area (Å²) in [4.78, 5) is 1.47. The minimum absolute atomic E-state index is 0.274. The highest BCUT2D eigenvalue weighted by Gasteiger charge is 2.16. The highest BCUT2D eigenvalue weighted by atomic mass is 32.1. The zero-order chi connectivity index (χ0) is 10.3. The highest BCUT2D eigenvalue weighted by Crippen LogP contribution is 2.35. The summed E-state index contributed by atoms with van der Waals surface area (Å²) < 4.78 is 1.41. The molecule has 0 saturated carbocycles.